The highest BCUT2D eigenvalue weighted by atomic mass is 16.5. The van der Waals surface area contributed by atoms with E-state index in [2.05, 4.69) is 36.3 Å². The van der Waals surface area contributed by atoms with Crippen LogP contribution in [0.1, 0.15) is 27.2 Å². The summed E-state index contributed by atoms with van der Waals surface area (Å²) in [5, 5.41) is 7.09. The molecule has 0 aromatic rings. The van der Waals surface area contributed by atoms with E-state index in [9.17, 15) is 0 Å². The van der Waals surface area contributed by atoms with E-state index in [4.69, 9.17) is 4.74 Å². The molecular weight excluding hydrogens is 214 g/mol. The maximum absolute atomic E-state index is 5.46. The van der Waals surface area contributed by atoms with Crippen LogP contribution in [0.4, 0.5) is 0 Å². The normalized spacial score (nSPS) is 22.9. The van der Waals surface area contributed by atoms with Crippen molar-refractivity contribution < 1.29 is 4.74 Å². The summed E-state index contributed by atoms with van der Waals surface area (Å²) in [7, 11) is 0. The predicted octanol–water partition coefficient (Wildman–Crippen LogP) is 0.685. The Hall–Kier alpha value is -0.160. The molecule has 2 atom stereocenters. The molecular formula is C13H29N3O. The predicted molar refractivity (Wildman–Crippen MR) is 72.5 cm³/mol. The molecule has 1 fully saturated rings. The third-order valence-electron chi connectivity index (χ3n) is 3.45. The summed E-state index contributed by atoms with van der Waals surface area (Å²) in [6.45, 7) is 13.9. The van der Waals surface area contributed by atoms with Crippen LogP contribution in [-0.4, -0.2) is 62.9 Å². The Bertz CT molecular complexity index is 180. The Balaban J connectivity index is 2.05. The van der Waals surface area contributed by atoms with Gasteiger partial charge in [0, 0.05) is 31.7 Å². The van der Waals surface area contributed by atoms with Crippen molar-refractivity contribution in [1.82, 2.24) is 15.5 Å². The third kappa shape index (κ3) is 6.36. The van der Waals surface area contributed by atoms with Gasteiger partial charge in [0.15, 0.2) is 0 Å². The van der Waals surface area contributed by atoms with Crippen LogP contribution in [0.3, 0.4) is 0 Å². The summed E-state index contributed by atoms with van der Waals surface area (Å²) < 4.78 is 5.46. The molecule has 2 N–H and O–H groups in total. The fourth-order valence-electron chi connectivity index (χ4n) is 2.29. The first-order chi connectivity index (χ1) is 8.26. The summed E-state index contributed by atoms with van der Waals surface area (Å²) in [6, 6.07) is 1.09. The van der Waals surface area contributed by atoms with Crippen molar-refractivity contribution in [3.63, 3.8) is 0 Å². The van der Waals surface area contributed by atoms with Crippen molar-refractivity contribution >= 4 is 0 Å². The Morgan fingerprint density at radius 1 is 1.41 bits per heavy atom. The highest BCUT2D eigenvalue weighted by Gasteiger charge is 2.15. The first kappa shape index (κ1) is 14.9. The Morgan fingerprint density at radius 2 is 2.18 bits per heavy atom. The zero-order valence-electron chi connectivity index (χ0n) is 11.7. The van der Waals surface area contributed by atoms with Gasteiger partial charge in [-0.3, -0.25) is 0 Å². The first-order valence-corrected chi connectivity index (χ1v) is 7.03. The van der Waals surface area contributed by atoms with Gasteiger partial charge in [-0.15, -0.1) is 0 Å². The molecule has 2 unspecified atom stereocenters. The molecule has 102 valence electrons. The molecule has 4 heteroatoms. The molecule has 0 aliphatic carbocycles. The van der Waals surface area contributed by atoms with Gasteiger partial charge in [-0.25, -0.2) is 0 Å². The van der Waals surface area contributed by atoms with Crippen LogP contribution in [-0.2, 0) is 4.74 Å². The fraction of sp³-hybridized carbons (Fsp3) is 1.00. The number of hydrogen-bond donors (Lipinski definition) is 2. The quantitative estimate of drug-likeness (QED) is 0.657. The van der Waals surface area contributed by atoms with Crippen LogP contribution >= 0.6 is 0 Å². The number of nitrogens with zero attached hydrogens (tertiary/aromatic N) is 1. The van der Waals surface area contributed by atoms with E-state index in [1.807, 2.05) is 0 Å². The maximum Gasteiger partial charge on any atom is 0.0620 e. The molecule has 1 rings (SSSR count). The Labute approximate surface area is 106 Å². The van der Waals surface area contributed by atoms with E-state index in [0.717, 1.165) is 52.4 Å². The average molecular weight is 243 g/mol. The molecule has 1 aliphatic heterocycles. The molecule has 0 bridgehead atoms. The van der Waals surface area contributed by atoms with E-state index < -0.39 is 0 Å². The lowest BCUT2D eigenvalue weighted by molar-refractivity contribution is 0.0711. The van der Waals surface area contributed by atoms with Gasteiger partial charge in [-0.1, -0.05) is 13.8 Å². The lowest BCUT2D eigenvalue weighted by Gasteiger charge is -2.27. The third-order valence-corrected chi connectivity index (χ3v) is 3.45. The second-order valence-corrected chi connectivity index (χ2v) is 4.84. The largest absolute Gasteiger partial charge is 0.379 e. The smallest absolute Gasteiger partial charge is 0.0620 e. The van der Waals surface area contributed by atoms with Crippen molar-refractivity contribution in [2.45, 2.75) is 39.3 Å². The highest BCUT2D eigenvalue weighted by Crippen LogP contribution is 2.02. The van der Waals surface area contributed by atoms with Gasteiger partial charge < -0.3 is 20.3 Å². The molecule has 4 nitrogen and oxygen atoms in total. The summed E-state index contributed by atoms with van der Waals surface area (Å²) in [4.78, 5) is 2.45. The minimum Gasteiger partial charge on any atom is -0.379 e. The number of nitrogens with one attached hydrogen (secondary N) is 2. The van der Waals surface area contributed by atoms with E-state index in [1.54, 1.807) is 0 Å². The van der Waals surface area contributed by atoms with Crippen LogP contribution in [0.25, 0.3) is 0 Å². The molecule has 0 amide bonds. The lowest BCUT2D eigenvalue weighted by atomic mass is 10.1. The van der Waals surface area contributed by atoms with Gasteiger partial charge >= 0.3 is 0 Å². The number of likely N-dealkylation sites (N-methyl/N-ethyl adjacent to an activating group) is 1. The topological polar surface area (TPSA) is 36.5 Å². The molecule has 1 saturated heterocycles. The maximum atomic E-state index is 5.46. The van der Waals surface area contributed by atoms with Gasteiger partial charge in [0.05, 0.1) is 13.2 Å². The second-order valence-electron chi connectivity index (χ2n) is 4.84. The van der Waals surface area contributed by atoms with E-state index in [0.29, 0.717) is 12.1 Å². The number of ether oxygens (including phenoxy) is 1. The van der Waals surface area contributed by atoms with Crippen LogP contribution in [0.2, 0.25) is 0 Å². The summed E-state index contributed by atoms with van der Waals surface area (Å²) in [6.07, 6.45) is 1.15. The molecule has 0 radical (unpaired) electrons. The molecule has 17 heavy (non-hydrogen) atoms. The Kier molecular flexibility index (Phi) is 7.77. The van der Waals surface area contributed by atoms with E-state index in [-0.39, 0.29) is 0 Å². The average Bonchev–Trinajstić information content (AvgIpc) is 2.36. The molecule has 1 aliphatic rings. The number of rotatable bonds is 8. The van der Waals surface area contributed by atoms with E-state index in [1.165, 1.54) is 0 Å². The molecule has 0 saturated carbocycles. The van der Waals surface area contributed by atoms with Crippen molar-refractivity contribution in [3.05, 3.63) is 0 Å². The van der Waals surface area contributed by atoms with Gasteiger partial charge in [0.2, 0.25) is 0 Å². The zero-order valence-corrected chi connectivity index (χ0v) is 11.7. The monoisotopic (exact) mass is 243 g/mol. The van der Waals surface area contributed by atoms with Crippen LogP contribution in [0, 0.1) is 0 Å². The fourth-order valence-corrected chi connectivity index (χ4v) is 2.29. The molecule has 1 heterocycles. The van der Waals surface area contributed by atoms with Crippen molar-refractivity contribution in [1.29, 1.82) is 0 Å². The standard InChI is InChI=1S/C13H29N3O/c1-4-16(5-2)8-6-14-12(3)10-13-11-17-9-7-15-13/h12-15H,4-11H2,1-3H3. The van der Waals surface area contributed by atoms with Gasteiger partial charge in [-0.2, -0.15) is 0 Å². The molecule has 0 aromatic carbocycles. The van der Waals surface area contributed by atoms with Crippen molar-refractivity contribution in [3.8, 4) is 0 Å². The van der Waals surface area contributed by atoms with Crippen molar-refractivity contribution in [2.75, 3.05) is 45.9 Å². The minimum absolute atomic E-state index is 0.528. The van der Waals surface area contributed by atoms with Gasteiger partial charge in [0.1, 0.15) is 0 Å². The lowest BCUT2D eigenvalue weighted by Crippen LogP contribution is -2.45. The molecule has 0 spiro atoms. The molecule has 0 aromatic heterocycles. The summed E-state index contributed by atoms with van der Waals surface area (Å²) >= 11 is 0. The SMILES string of the molecule is CCN(CC)CCNC(C)CC1COCCN1. The van der Waals surface area contributed by atoms with Gasteiger partial charge in [0.25, 0.3) is 0 Å². The second kappa shape index (κ2) is 8.86. The van der Waals surface area contributed by atoms with Crippen molar-refractivity contribution in [2.24, 2.45) is 0 Å². The number of hydrogen-bond acceptors (Lipinski definition) is 4. The van der Waals surface area contributed by atoms with Crippen LogP contribution in [0.5, 0.6) is 0 Å². The van der Waals surface area contributed by atoms with Crippen LogP contribution in [0.15, 0.2) is 0 Å². The van der Waals surface area contributed by atoms with Crippen LogP contribution < -0.4 is 10.6 Å². The van der Waals surface area contributed by atoms with E-state index >= 15 is 0 Å². The number of morpholine rings is 1. The Morgan fingerprint density at radius 3 is 2.76 bits per heavy atom. The highest BCUT2D eigenvalue weighted by molar-refractivity contribution is 4.75. The summed E-state index contributed by atoms with van der Waals surface area (Å²) in [5.41, 5.74) is 0. The summed E-state index contributed by atoms with van der Waals surface area (Å²) in [5.74, 6) is 0. The zero-order chi connectivity index (χ0) is 12.5. The minimum atomic E-state index is 0.528. The van der Waals surface area contributed by atoms with Gasteiger partial charge in [-0.05, 0) is 26.4 Å². The first-order valence-electron chi connectivity index (χ1n) is 7.03.